The molecule has 1 heterocycles. The van der Waals surface area contributed by atoms with Gasteiger partial charge in [-0.2, -0.15) is 0 Å². The summed E-state index contributed by atoms with van der Waals surface area (Å²) in [6, 6.07) is -0.201. The summed E-state index contributed by atoms with van der Waals surface area (Å²) in [5, 5.41) is 12.1. The van der Waals surface area contributed by atoms with E-state index in [4.69, 9.17) is 9.84 Å². The highest BCUT2D eigenvalue weighted by molar-refractivity contribution is 5.81. The molecule has 1 aliphatic heterocycles. The van der Waals surface area contributed by atoms with Crippen LogP contribution in [0.5, 0.6) is 0 Å². The minimum Gasteiger partial charge on any atom is -0.394 e. The smallest absolute Gasteiger partial charge is 0.239 e. The molecular weight excluding hydrogens is 208 g/mol. The van der Waals surface area contributed by atoms with E-state index >= 15 is 0 Å². The third-order valence-electron chi connectivity index (χ3n) is 2.80. The average molecular weight is 230 g/mol. The summed E-state index contributed by atoms with van der Waals surface area (Å²) in [6.07, 6.45) is -0.281. The average Bonchev–Trinajstić information content (AvgIpc) is 2.24. The zero-order valence-electron chi connectivity index (χ0n) is 10.5. The number of hydrogen-bond acceptors (Lipinski definition) is 4. The van der Waals surface area contributed by atoms with Crippen LogP contribution in [0.3, 0.4) is 0 Å². The first-order valence-electron chi connectivity index (χ1n) is 5.64. The van der Waals surface area contributed by atoms with Gasteiger partial charge in [0.05, 0.1) is 24.4 Å². The van der Waals surface area contributed by atoms with Gasteiger partial charge >= 0.3 is 0 Å². The molecule has 16 heavy (non-hydrogen) atoms. The van der Waals surface area contributed by atoms with Crippen LogP contribution in [0, 0.1) is 0 Å². The van der Waals surface area contributed by atoms with E-state index in [-0.39, 0.29) is 24.7 Å². The van der Waals surface area contributed by atoms with Crippen molar-refractivity contribution in [2.45, 2.75) is 38.5 Å². The summed E-state index contributed by atoms with van der Waals surface area (Å²) in [6.45, 7) is 6.66. The summed E-state index contributed by atoms with van der Waals surface area (Å²) in [5.41, 5.74) is -0.394. The highest BCUT2D eigenvalue weighted by atomic mass is 16.5. The van der Waals surface area contributed by atoms with Crippen molar-refractivity contribution in [1.29, 1.82) is 0 Å². The van der Waals surface area contributed by atoms with E-state index in [2.05, 4.69) is 5.32 Å². The fraction of sp³-hybridized carbons (Fsp3) is 0.909. The van der Waals surface area contributed by atoms with Crippen LogP contribution < -0.4 is 5.32 Å². The molecule has 0 aromatic heterocycles. The van der Waals surface area contributed by atoms with Crippen molar-refractivity contribution in [2.24, 2.45) is 0 Å². The first-order valence-corrected chi connectivity index (χ1v) is 5.64. The van der Waals surface area contributed by atoms with Crippen molar-refractivity contribution >= 4 is 5.91 Å². The van der Waals surface area contributed by atoms with E-state index in [1.807, 2.05) is 20.8 Å². The lowest BCUT2D eigenvalue weighted by molar-refractivity contribution is -0.168. The topological polar surface area (TPSA) is 61.8 Å². The molecule has 2 N–H and O–H groups in total. The Morgan fingerprint density at radius 2 is 2.31 bits per heavy atom. The largest absolute Gasteiger partial charge is 0.394 e. The monoisotopic (exact) mass is 230 g/mol. The Kier molecular flexibility index (Phi) is 4.29. The molecule has 1 fully saturated rings. The number of morpholine rings is 1. The van der Waals surface area contributed by atoms with Gasteiger partial charge in [-0.1, -0.05) is 0 Å². The van der Waals surface area contributed by atoms with Crippen LogP contribution in [0.15, 0.2) is 0 Å². The molecule has 2 atom stereocenters. The van der Waals surface area contributed by atoms with Crippen LogP contribution >= 0.6 is 0 Å². The molecule has 5 heteroatoms. The summed E-state index contributed by atoms with van der Waals surface area (Å²) in [5.74, 6) is 0.0531. The molecule has 0 saturated carbocycles. The second-order valence-corrected chi connectivity index (χ2v) is 4.91. The minimum absolute atomic E-state index is 0.0531. The number of nitrogens with zero attached hydrogens (tertiary/aromatic N) is 1. The van der Waals surface area contributed by atoms with Gasteiger partial charge in [0.15, 0.2) is 0 Å². The van der Waals surface area contributed by atoms with Crippen molar-refractivity contribution < 1.29 is 14.6 Å². The fourth-order valence-corrected chi connectivity index (χ4v) is 1.96. The van der Waals surface area contributed by atoms with Gasteiger partial charge in [0.2, 0.25) is 5.91 Å². The molecule has 1 rings (SSSR count). The van der Waals surface area contributed by atoms with Crippen LogP contribution in [-0.4, -0.2) is 60.4 Å². The lowest BCUT2D eigenvalue weighted by atomic mass is 10.0. The first-order chi connectivity index (χ1) is 7.39. The van der Waals surface area contributed by atoms with Crippen LogP contribution in [0.4, 0.5) is 0 Å². The van der Waals surface area contributed by atoms with Crippen LogP contribution in [0.25, 0.3) is 0 Å². The summed E-state index contributed by atoms with van der Waals surface area (Å²) in [7, 11) is 1.76. The molecule has 5 nitrogen and oxygen atoms in total. The molecule has 1 amide bonds. The lowest BCUT2D eigenvalue weighted by Crippen LogP contribution is -2.58. The van der Waals surface area contributed by atoms with Crippen molar-refractivity contribution in [1.82, 2.24) is 10.2 Å². The maximum Gasteiger partial charge on any atom is 0.239 e. The number of ether oxygens (including phenoxy) is 1. The molecule has 94 valence electrons. The SMILES string of the molecule is CNC(C)C(=O)N1CC(CO)OC(C)(C)C1. The van der Waals surface area contributed by atoms with Crippen LogP contribution in [-0.2, 0) is 9.53 Å². The van der Waals surface area contributed by atoms with E-state index < -0.39 is 5.60 Å². The van der Waals surface area contributed by atoms with E-state index in [0.717, 1.165) is 0 Å². The van der Waals surface area contributed by atoms with Gasteiger partial charge in [-0.3, -0.25) is 4.79 Å². The normalized spacial score (nSPS) is 26.6. The van der Waals surface area contributed by atoms with Crippen LogP contribution in [0.1, 0.15) is 20.8 Å². The minimum atomic E-state index is -0.394. The lowest BCUT2D eigenvalue weighted by Gasteiger charge is -2.43. The summed E-state index contributed by atoms with van der Waals surface area (Å²) >= 11 is 0. The Bertz CT molecular complexity index is 256. The van der Waals surface area contributed by atoms with Crippen molar-refractivity contribution in [2.75, 3.05) is 26.7 Å². The summed E-state index contributed by atoms with van der Waals surface area (Å²) < 4.78 is 5.65. The predicted molar refractivity (Wildman–Crippen MR) is 61.1 cm³/mol. The zero-order valence-corrected chi connectivity index (χ0v) is 10.5. The van der Waals surface area contributed by atoms with E-state index in [1.165, 1.54) is 0 Å². The maximum absolute atomic E-state index is 12.0. The van der Waals surface area contributed by atoms with Gasteiger partial charge in [0.25, 0.3) is 0 Å². The Balaban J connectivity index is 2.69. The van der Waals surface area contributed by atoms with Crippen LogP contribution in [0.2, 0.25) is 0 Å². The molecule has 0 aromatic carbocycles. The second kappa shape index (κ2) is 5.12. The first kappa shape index (κ1) is 13.4. The Morgan fingerprint density at radius 3 is 2.81 bits per heavy atom. The number of aliphatic hydroxyl groups excluding tert-OH is 1. The number of hydrogen-bond donors (Lipinski definition) is 2. The number of carbonyl (C=O) groups is 1. The third kappa shape index (κ3) is 3.17. The Morgan fingerprint density at radius 1 is 1.69 bits per heavy atom. The predicted octanol–water partition coefficient (Wildman–Crippen LogP) is -0.407. The van der Waals surface area contributed by atoms with Gasteiger partial charge in [-0.15, -0.1) is 0 Å². The number of aliphatic hydroxyl groups is 1. The second-order valence-electron chi connectivity index (χ2n) is 4.91. The molecule has 0 radical (unpaired) electrons. The highest BCUT2D eigenvalue weighted by Crippen LogP contribution is 2.21. The zero-order chi connectivity index (χ0) is 12.3. The van der Waals surface area contributed by atoms with Crippen molar-refractivity contribution in [3.8, 4) is 0 Å². The number of rotatable bonds is 3. The molecule has 1 aliphatic rings. The van der Waals surface area contributed by atoms with Gasteiger partial charge in [0.1, 0.15) is 0 Å². The molecule has 0 spiro atoms. The molecule has 0 aromatic rings. The quantitative estimate of drug-likeness (QED) is 0.692. The molecular formula is C11H22N2O3. The number of likely N-dealkylation sites (N-methyl/N-ethyl adjacent to an activating group) is 1. The fourth-order valence-electron chi connectivity index (χ4n) is 1.96. The third-order valence-corrected chi connectivity index (χ3v) is 2.80. The van der Waals surface area contributed by atoms with E-state index in [1.54, 1.807) is 11.9 Å². The maximum atomic E-state index is 12.0. The van der Waals surface area contributed by atoms with Gasteiger partial charge < -0.3 is 20.1 Å². The highest BCUT2D eigenvalue weighted by Gasteiger charge is 2.36. The standard InChI is InChI=1S/C11H22N2O3/c1-8(12-4)10(15)13-5-9(6-14)16-11(2,3)7-13/h8-9,12,14H,5-7H2,1-4H3. The van der Waals surface area contributed by atoms with Gasteiger partial charge in [-0.05, 0) is 27.8 Å². The molecule has 0 aliphatic carbocycles. The Labute approximate surface area is 96.8 Å². The molecule has 1 saturated heterocycles. The van der Waals surface area contributed by atoms with Crippen molar-refractivity contribution in [3.05, 3.63) is 0 Å². The Hall–Kier alpha value is -0.650. The number of carbonyl (C=O) groups excluding carboxylic acids is 1. The van der Waals surface area contributed by atoms with E-state index in [9.17, 15) is 4.79 Å². The number of nitrogens with one attached hydrogen (secondary N) is 1. The van der Waals surface area contributed by atoms with Crippen molar-refractivity contribution in [3.63, 3.8) is 0 Å². The summed E-state index contributed by atoms with van der Waals surface area (Å²) in [4.78, 5) is 13.8. The molecule has 0 bridgehead atoms. The molecule has 2 unspecified atom stereocenters. The number of amides is 1. The van der Waals surface area contributed by atoms with E-state index in [0.29, 0.717) is 13.1 Å². The van der Waals surface area contributed by atoms with Gasteiger partial charge in [-0.25, -0.2) is 0 Å². The van der Waals surface area contributed by atoms with Gasteiger partial charge in [0, 0.05) is 13.1 Å².